The van der Waals surface area contributed by atoms with Gasteiger partial charge in [-0.25, -0.2) is 4.39 Å². The lowest BCUT2D eigenvalue weighted by Gasteiger charge is -2.15. The van der Waals surface area contributed by atoms with Gasteiger partial charge in [0.1, 0.15) is 11.6 Å². The summed E-state index contributed by atoms with van der Waals surface area (Å²) in [5.41, 5.74) is 3.02. The lowest BCUT2D eigenvalue weighted by molar-refractivity contribution is 0.410. The van der Waals surface area contributed by atoms with E-state index in [9.17, 15) is 4.39 Å². The Balaban J connectivity index is 2.44. The molecule has 0 aliphatic heterocycles. The van der Waals surface area contributed by atoms with Gasteiger partial charge in [-0.05, 0) is 30.7 Å². The van der Waals surface area contributed by atoms with Crippen LogP contribution in [0, 0.1) is 12.7 Å². The number of aryl methyl sites for hydroxylation is 1. The van der Waals surface area contributed by atoms with E-state index in [0.29, 0.717) is 0 Å². The SMILES string of the molecule is COc1ccc(C)cc1C(Br)c1cccc(F)c1. The zero-order chi connectivity index (χ0) is 13.1. The van der Waals surface area contributed by atoms with Crippen molar-refractivity contribution in [2.45, 2.75) is 11.8 Å². The third-order valence-electron chi connectivity index (χ3n) is 2.80. The highest BCUT2D eigenvalue weighted by molar-refractivity contribution is 9.09. The summed E-state index contributed by atoms with van der Waals surface area (Å²) >= 11 is 3.61. The van der Waals surface area contributed by atoms with Gasteiger partial charge in [0, 0.05) is 5.56 Å². The van der Waals surface area contributed by atoms with Gasteiger partial charge >= 0.3 is 0 Å². The van der Waals surface area contributed by atoms with Crippen LogP contribution in [-0.4, -0.2) is 7.11 Å². The number of alkyl halides is 1. The summed E-state index contributed by atoms with van der Waals surface area (Å²) in [6.07, 6.45) is 0. The van der Waals surface area contributed by atoms with Gasteiger partial charge in [0.15, 0.2) is 0 Å². The van der Waals surface area contributed by atoms with E-state index >= 15 is 0 Å². The largest absolute Gasteiger partial charge is 0.496 e. The molecular formula is C15H14BrFO. The van der Waals surface area contributed by atoms with Crippen molar-refractivity contribution in [3.05, 3.63) is 65.0 Å². The Kier molecular flexibility index (Phi) is 4.02. The predicted molar refractivity (Wildman–Crippen MR) is 74.9 cm³/mol. The van der Waals surface area contributed by atoms with Crippen LogP contribution in [0.25, 0.3) is 0 Å². The van der Waals surface area contributed by atoms with Crippen molar-refractivity contribution < 1.29 is 9.13 Å². The average molecular weight is 309 g/mol. The number of hydrogen-bond donors (Lipinski definition) is 0. The molecule has 1 atom stereocenters. The normalized spacial score (nSPS) is 12.2. The van der Waals surface area contributed by atoms with Gasteiger partial charge in [-0.15, -0.1) is 0 Å². The minimum absolute atomic E-state index is 0.0805. The molecule has 1 nitrogen and oxygen atoms in total. The molecule has 0 saturated carbocycles. The number of hydrogen-bond acceptors (Lipinski definition) is 1. The molecular weight excluding hydrogens is 295 g/mol. The van der Waals surface area contributed by atoms with Gasteiger partial charge in [-0.1, -0.05) is 45.8 Å². The summed E-state index contributed by atoms with van der Waals surface area (Å²) in [6, 6.07) is 12.5. The van der Waals surface area contributed by atoms with E-state index < -0.39 is 0 Å². The lowest BCUT2D eigenvalue weighted by Crippen LogP contribution is -1.98. The minimum Gasteiger partial charge on any atom is -0.496 e. The van der Waals surface area contributed by atoms with Crippen LogP contribution in [0.1, 0.15) is 21.5 Å². The molecule has 0 amide bonds. The Hall–Kier alpha value is -1.35. The van der Waals surface area contributed by atoms with Crippen molar-refractivity contribution in [2.75, 3.05) is 7.11 Å². The molecule has 0 radical (unpaired) electrons. The predicted octanol–water partition coefficient (Wildman–Crippen LogP) is 4.63. The van der Waals surface area contributed by atoms with Gasteiger partial charge in [-0.3, -0.25) is 0 Å². The van der Waals surface area contributed by atoms with E-state index in [0.717, 1.165) is 22.4 Å². The number of ether oxygens (including phenoxy) is 1. The van der Waals surface area contributed by atoms with Crippen LogP contribution < -0.4 is 4.74 Å². The first-order valence-corrected chi connectivity index (χ1v) is 6.57. The van der Waals surface area contributed by atoms with Gasteiger partial charge in [0.2, 0.25) is 0 Å². The van der Waals surface area contributed by atoms with Crippen molar-refractivity contribution in [3.8, 4) is 5.75 Å². The Bertz CT molecular complexity index is 554. The number of benzene rings is 2. The molecule has 0 N–H and O–H groups in total. The Morgan fingerprint density at radius 1 is 1.17 bits per heavy atom. The Labute approximate surface area is 115 Å². The molecule has 0 spiro atoms. The van der Waals surface area contributed by atoms with Crippen LogP contribution >= 0.6 is 15.9 Å². The summed E-state index contributed by atoms with van der Waals surface area (Å²) < 4.78 is 18.6. The van der Waals surface area contributed by atoms with E-state index in [4.69, 9.17) is 4.74 Å². The van der Waals surface area contributed by atoms with E-state index in [-0.39, 0.29) is 10.6 Å². The molecule has 94 valence electrons. The molecule has 3 heteroatoms. The van der Waals surface area contributed by atoms with Crippen molar-refractivity contribution in [1.29, 1.82) is 0 Å². The fraction of sp³-hybridized carbons (Fsp3) is 0.200. The van der Waals surface area contributed by atoms with E-state index in [1.807, 2.05) is 31.2 Å². The van der Waals surface area contributed by atoms with Crippen molar-refractivity contribution in [1.82, 2.24) is 0 Å². The van der Waals surface area contributed by atoms with E-state index in [2.05, 4.69) is 15.9 Å². The molecule has 0 fully saturated rings. The highest BCUT2D eigenvalue weighted by Gasteiger charge is 2.15. The molecule has 0 heterocycles. The second-order valence-corrected chi connectivity index (χ2v) is 5.08. The first kappa shape index (κ1) is 13.1. The van der Waals surface area contributed by atoms with Crippen LogP contribution in [0.15, 0.2) is 42.5 Å². The summed E-state index contributed by atoms with van der Waals surface area (Å²) in [7, 11) is 1.64. The molecule has 0 aromatic heterocycles. The van der Waals surface area contributed by atoms with Gasteiger partial charge in [-0.2, -0.15) is 0 Å². The van der Waals surface area contributed by atoms with Crippen LogP contribution in [0.3, 0.4) is 0 Å². The van der Waals surface area contributed by atoms with Crippen molar-refractivity contribution in [2.24, 2.45) is 0 Å². The molecule has 18 heavy (non-hydrogen) atoms. The van der Waals surface area contributed by atoms with Crippen molar-refractivity contribution >= 4 is 15.9 Å². The van der Waals surface area contributed by atoms with Crippen LogP contribution in [0.5, 0.6) is 5.75 Å². The smallest absolute Gasteiger partial charge is 0.123 e. The van der Waals surface area contributed by atoms with E-state index in [1.165, 1.54) is 12.1 Å². The maximum Gasteiger partial charge on any atom is 0.123 e. The quantitative estimate of drug-likeness (QED) is 0.751. The third kappa shape index (κ3) is 2.72. The number of methoxy groups -OCH3 is 1. The zero-order valence-corrected chi connectivity index (χ0v) is 11.9. The standard InChI is InChI=1S/C15H14BrFO/c1-10-6-7-14(18-2)13(8-10)15(16)11-4-3-5-12(17)9-11/h3-9,15H,1-2H3. The number of halogens is 2. The summed E-state index contributed by atoms with van der Waals surface area (Å²) in [4.78, 5) is -0.0805. The van der Waals surface area contributed by atoms with Crippen LogP contribution in [-0.2, 0) is 0 Å². The molecule has 2 aromatic rings. The van der Waals surface area contributed by atoms with E-state index in [1.54, 1.807) is 13.2 Å². The molecule has 2 rings (SSSR count). The highest BCUT2D eigenvalue weighted by Crippen LogP contribution is 2.37. The lowest BCUT2D eigenvalue weighted by atomic mass is 10.0. The second kappa shape index (κ2) is 5.53. The zero-order valence-electron chi connectivity index (χ0n) is 10.3. The molecule has 0 saturated heterocycles. The molecule has 0 bridgehead atoms. The topological polar surface area (TPSA) is 9.23 Å². The summed E-state index contributed by atoms with van der Waals surface area (Å²) in [5.74, 6) is 0.565. The highest BCUT2D eigenvalue weighted by atomic mass is 79.9. The Morgan fingerprint density at radius 3 is 2.61 bits per heavy atom. The molecule has 0 aliphatic rings. The maximum atomic E-state index is 13.3. The average Bonchev–Trinajstić information content (AvgIpc) is 2.38. The molecule has 2 aromatic carbocycles. The third-order valence-corrected chi connectivity index (χ3v) is 3.82. The first-order valence-electron chi connectivity index (χ1n) is 5.66. The van der Waals surface area contributed by atoms with Crippen LogP contribution in [0.4, 0.5) is 4.39 Å². The fourth-order valence-corrected chi connectivity index (χ4v) is 2.54. The van der Waals surface area contributed by atoms with Crippen LogP contribution in [0.2, 0.25) is 0 Å². The maximum absolute atomic E-state index is 13.3. The summed E-state index contributed by atoms with van der Waals surface area (Å²) in [5, 5.41) is 0. The van der Waals surface area contributed by atoms with Crippen molar-refractivity contribution in [3.63, 3.8) is 0 Å². The second-order valence-electron chi connectivity index (χ2n) is 4.16. The summed E-state index contributed by atoms with van der Waals surface area (Å²) in [6.45, 7) is 2.02. The monoisotopic (exact) mass is 308 g/mol. The Morgan fingerprint density at radius 2 is 1.94 bits per heavy atom. The molecule has 0 aliphatic carbocycles. The molecule has 1 unspecified atom stereocenters. The fourth-order valence-electron chi connectivity index (χ4n) is 1.90. The van der Waals surface area contributed by atoms with Gasteiger partial charge in [0.05, 0.1) is 11.9 Å². The number of rotatable bonds is 3. The van der Waals surface area contributed by atoms with Gasteiger partial charge in [0.25, 0.3) is 0 Å². The minimum atomic E-state index is -0.233. The first-order chi connectivity index (χ1) is 8.61. The van der Waals surface area contributed by atoms with Gasteiger partial charge < -0.3 is 4.74 Å².